The van der Waals surface area contributed by atoms with Crippen molar-refractivity contribution in [2.24, 2.45) is 5.92 Å². The SMILES string of the molecule is CC#CCCC(CC1CC(OCC)C1)NCCC. The van der Waals surface area contributed by atoms with Crippen molar-refractivity contribution in [2.75, 3.05) is 13.2 Å². The first-order valence-electron chi connectivity index (χ1n) is 7.54. The summed E-state index contributed by atoms with van der Waals surface area (Å²) in [5, 5.41) is 3.67. The molecule has 0 amide bonds. The summed E-state index contributed by atoms with van der Waals surface area (Å²) in [5.41, 5.74) is 0. The Bertz CT molecular complexity index is 260. The molecule has 0 aromatic rings. The van der Waals surface area contributed by atoms with Crippen LogP contribution in [0.25, 0.3) is 0 Å². The van der Waals surface area contributed by atoms with Crippen molar-refractivity contribution in [3.05, 3.63) is 0 Å². The minimum Gasteiger partial charge on any atom is -0.378 e. The molecule has 1 rings (SSSR count). The normalized spacial score (nSPS) is 23.9. The van der Waals surface area contributed by atoms with Crippen LogP contribution in [0.1, 0.15) is 59.3 Å². The third-order valence-electron chi connectivity index (χ3n) is 3.69. The van der Waals surface area contributed by atoms with Crippen LogP contribution in [-0.2, 0) is 4.74 Å². The van der Waals surface area contributed by atoms with Gasteiger partial charge in [0.1, 0.15) is 0 Å². The average molecular weight is 251 g/mol. The highest BCUT2D eigenvalue weighted by molar-refractivity contribution is 4.96. The van der Waals surface area contributed by atoms with Crippen LogP contribution >= 0.6 is 0 Å². The minimum absolute atomic E-state index is 0.544. The monoisotopic (exact) mass is 251 g/mol. The fraction of sp³-hybridized carbons (Fsp3) is 0.875. The zero-order valence-corrected chi connectivity index (χ0v) is 12.3. The molecule has 1 aliphatic carbocycles. The Hall–Kier alpha value is -0.520. The Morgan fingerprint density at radius 3 is 2.72 bits per heavy atom. The highest BCUT2D eigenvalue weighted by atomic mass is 16.5. The molecular formula is C16H29NO. The minimum atomic E-state index is 0.544. The van der Waals surface area contributed by atoms with Crippen LogP contribution in [0.5, 0.6) is 0 Å². The molecule has 2 nitrogen and oxygen atoms in total. The summed E-state index contributed by atoms with van der Waals surface area (Å²) in [7, 11) is 0. The van der Waals surface area contributed by atoms with Gasteiger partial charge in [0.2, 0.25) is 0 Å². The van der Waals surface area contributed by atoms with E-state index >= 15 is 0 Å². The smallest absolute Gasteiger partial charge is 0.0580 e. The summed E-state index contributed by atoms with van der Waals surface area (Å²) >= 11 is 0. The second-order valence-corrected chi connectivity index (χ2v) is 5.27. The summed E-state index contributed by atoms with van der Waals surface area (Å²) in [4.78, 5) is 0. The Morgan fingerprint density at radius 2 is 2.11 bits per heavy atom. The molecule has 0 heterocycles. The maximum atomic E-state index is 5.63. The summed E-state index contributed by atoms with van der Waals surface area (Å²) in [5.74, 6) is 7.03. The van der Waals surface area contributed by atoms with Gasteiger partial charge in [-0.15, -0.1) is 11.8 Å². The van der Waals surface area contributed by atoms with Gasteiger partial charge in [-0.25, -0.2) is 0 Å². The fourth-order valence-electron chi connectivity index (χ4n) is 2.66. The summed E-state index contributed by atoms with van der Waals surface area (Å²) in [6, 6.07) is 0.651. The molecular weight excluding hydrogens is 222 g/mol. The van der Waals surface area contributed by atoms with Gasteiger partial charge in [-0.1, -0.05) is 6.92 Å². The molecule has 0 aromatic carbocycles. The topological polar surface area (TPSA) is 21.3 Å². The third kappa shape index (κ3) is 5.89. The van der Waals surface area contributed by atoms with Gasteiger partial charge < -0.3 is 10.1 Å². The summed E-state index contributed by atoms with van der Waals surface area (Å²) < 4.78 is 5.63. The molecule has 1 atom stereocenters. The average Bonchev–Trinajstić information content (AvgIpc) is 2.33. The Kier molecular flexibility index (Phi) is 8.13. The van der Waals surface area contributed by atoms with Gasteiger partial charge in [-0.2, -0.15) is 0 Å². The van der Waals surface area contributed by atoms with E-state index in [0.29, 0.717) is 12.1 Å². The van der Waals surface area contributed by atoms with Crippen LogP contribution in [-0.4, -0.2) is 25.3 Å². The summed E-state index contributed by atoms with van der Waals surface area (Å²) in [6.45, 7) is 8.23. The molecule has 0 saturated heterocycles. The van der Waals surface area contributed by atoms with E-state index in [4.69, 9.17) is 4.74 Å². The second kappa shape index (κ2) is 9.42. The van der Waals surface area contributed by atoms with Crippen LogP contribution in [0.2, 0.25) is 0 Å². The molecule has 1 N–H and O–H groups in total. The molecule has 1 unspecified atom stereocenters. The van der Waals surface area contributed by atoms with Gasteiger partial charge in [-0.3, -0.25) is 0 Å². The molecule has 2 heteroatoms. The second-order valence-electron chi connectivity index (χ2n) is 5.27. The van der Waals surface area contributed by atoms with Gasteiger partial charge in [0, 0.05) is 19.1 Å². The quantitative estimate of drug-likeness (QED) is 0.634. The highest BCUT2D eigenvalue weighted by Gasteiger charge is 2.30. The molecule has 0 bridgehead atoms. The number of ether oxygens (including phenoxy) is 1. The highest BCUT2D eigenvalue weighted by Crippen LogP contribution is 2.34. The van der Waals surface area contributed by atoms with E-state index in [1.165, 1.54) is 32.1 Å². The lowest BCUT2D eigenvalue weighted by Crippen LogP contribution is -2.38. The molecule has 0 spiro atoms. The van der Waals surface area contributed by atoms with Crippen LogP contribution < -0.4 is 5.32 Å². The van der Waals surface area contributed by atoms with Gasteiger partial charge in [0.15, 0.2) is 0 Å². The standard InChI is InChI=1S/C16H29NO/c1-4-7-8-9-15(17-10-5-2)11-14-12-16(13-14)18-6-3/h14-17H,5-6,8-13H2,1-3H3. The fourth-order valence-corrected chi connectivity index (χ4v) is 2.66. The first-order chi connectivity index (χ1) is 8.80. The number of rotatable bonds is 9. The van der Waals surface area contributed by atoms with E-state index in [0.717, 1.165) is 25.5 Å². The van der Waals surface area contributed by atoms with Crippen molar-refractivity contribution in [2.45, 2.75) is 71.4 Å². The largest absolute Gasteiger partial charge is 0.378 e. The van der Waals surface area contributed by atoms with Crippen LogP contribution in [0.3, 0.4) is 0 Å². The van der Waals surface area contributed by atoms with Crippen molar-refractivity contribution in [1.82, 2.24) is 5.32 Å². The molecule has 1 aliphatic rings. The van der Waals surface area contributed by atoms with Crippen LogP contribution in [0.15, 0.2) is 0 Å². The number of hydrogen-bond acceptors (Lipinski definition) is 2. The predicted octanol–water partition coefficient (Wildman–Crippen LogP) is 3.36. The third-order valence-corrected chi connectivity index (χ3v) is 3.69. The zero-order valence-electron chi connectivity index (χ0n) is 12.3. The van der Waals surface area contributed by atoms with E-state index in [1.807, 2.05) is 6.92 Å². The first-order valence-corrected chi connectivity index (χ1v) is 7.54. The van der Waals surface area contributed by atoms with Crippen molar-refractivity contribution in [3.8, 4) is 11.8 Å². The lowest BCUT2D eigenvalue weighted by Gasteiger charge is -2.37. The maximum Gasteiger partial charge on any atom is 0.0580 e. The van der Waals surface area contributed by atoms with Gasteiger partial charge in [0.25, 0.3) is 0 Å². The number of nitrogens with one attached hydrogen (secondary N) is 1. The van der Waals surface area contributed by atoms with Crippen molar-refractivity contribution in [3.63, 3.8) is 0 Å². The van der Waals surface area contributed by atoms with E-state index in [-0.39, 0.29) is 0 Å². The van der Waals surface area contributed by atoms with Gasteiger partial charge in [0.05, 0.1) is 6.10 Å². The maximum absolute atomic E-state index is 5.63. The molecule has 1 saturated carbocycles. The molecule has 0 radical (unpaired) electrons. The Balaban J connectivity index is 2.20. The zero-order chi connectivity index (χ0) is 13.2. The van der Waals surface area contributed by atoms with Crippen LogP contribution in [0, 0.1) is 17.8 Å². The van der Waals surface area contributed by atoms with E-state index in [1.54, 1.807) is 0 Å². The summed E-state index contributed by atoms with van der Waals surface area (Å²) in [6.07, 6.45) is 7.80. The lowest BCUT2D eigenvalue weighted by molar-refractivity contribution is -0.0292. The van der Waals surface area contributed by atoms with E-state index < -0.39 is 0 Å². The molecule has 1 fully saturated rings. The molecule has 0 aliphatic heterocycles. The van der Waals surface area contributed by atoms with Crippen molar-refractivity contribution in [1.29, 1.82) is 0 Å². The van der Waals surface area contributed by atoms with E-state index in [2.05, 4.69) is 31.0 Å². The molecule has 0 aromatic heterocycles. The predicted molar refractivity (Wildman–Crippen MR) is 77.5 cm³/mol. The van der Waals surface area contributed by atoms with Gasteiger partial charge in [-0.05, 0) is 58.4 Å². The van der Waals surface area contributed by atoms with Crippen molar-refractivity contribution < 1.29 is 4.74 Å². The molecule has 18 heavy (non-hydrogen) atoms. The van der Waals surface area contributed by atoms with E-state index in [9.17, 15) is 0 Å². The van der Waals surface area contributed by atoms with Crippen LogP contribution in [0.4, 0.5) is 0 Å². The first kappa shape index (κ1) is 15.5. The Labute approximate surface area is 113 Å². The Morgan fingerprint density at radius 1 is 1.33 bits per heavy atom. The molecule has 104 valence electrons. The van der Waals surface area contributed by atoms with Crippen molar-refractivity contribution >= 4 is 0 Å². The van der Waals surface area contributed by atoms with Gasteiger partial charge >= 0.3 is 0 Å². The number of hydrogen-bond donors (Lipinski definition) is 1. The lowest BCUT2D eigenvalue weighted by atomic mass is 9.77.